The number of nitrogens with zero attached hydrogens (tertiary/aromatic N) is 1. The minimum Gasteiger partial charge on any atom is -0.435 e. The van der Waals surface area contributed by atoms with Gasteiger partial charge < -0.3 is 4.42 Å². The van der Waals surface area contributed by atoms with Gasteiger partial charge in [-0.1, -0.05) is 48.5 Å². The summed E-state index contributed by atoms with van der Waals surface area (Å²) in [5.74, 6) is 0.622. The molecule has 0 fully saturated rings. The van der Waals surface area contributed by atoms with Crippen molar-refractivity contribution in [3.8, 4) is 10.8 Å². The highest BCUT2D eigenvalue weighted by atomic mass is 32.1. The molecule has 3 aromatic carbocycles. The van der Waals surface area contributed by atoms with E-state index in [9.17, 15) is 4.79 Å². The van der Waals surface area contributed by atoms with Crippen molar-refractivity contribution >= 4 is 49.8 Å². The van der Waals surface area contributed by atoms with E-state index in [1.165, 1.54) is 16.7 Å². The first-order valence-electron chi connectivity index (χ1n) is 8.03. The third-order valence-electron chi connectivity index (χ3n) is 4.43. The number of carbonyl (C=O) groups is 1. The Morgan fingerprint density at radius 2 is 1.52 bits per heavy atom. The molecule has 0 aliphatic heterocycles. The van der Waals surface area contributed by atoms with Gasteiger partial charge in [-0.3, -0.25) is 4.79 Å². The minimum absolute atomic E-state index is 0.0586. The zero-order chi connectivity index (χ0) is 17.0. The number of aromatic nitrogens is 1. The van der Waals surface area contributed by atoms with Crippen LogP contribution in [0.25, 0.3) is 43.4 Å². The number of Topliss-reactive ketones (excluding diaryl/α,β-unsaturated/α-hetero) is 1. The second kappa shape index (κ2) is 5.26. The lowest BCUT2D eigenvalue weighted by atomic mass is 10.0. The standard InChI is InChI=1S/C21H13NO2S/c1-12(23)17-10-11-18(25-17)21-22-19-15-8-4-2-6-13(15)14-7-3-5-9-16(14)20(19)24-21/h2-11H,1H3. The molecule has 0 spiro atoms. The van der Waals surface area contributed by atoms with Gasteiger partial charge in [0.15, 0.2) is 11.4 Å². The molecule has 0 N–H and O–H groups in total. The van der Waals surface area contributed by atoms with Crippen LogP contribution in [0.5, 0.6) is 0 Å². The van der Waals surface area contributed by atoms with Crippen LogP contribution in [0, 0.1) is 0 Å². The molecule has 0 radical (unpaired) electrons. The average molecular weight is 343 g/mol. The van der Waals surface area contributed by atoms with Crippen LogP contribution >= 0.6 is 11.3 Å². The van der Waals surface area contributed by atoms with Gasteiger partial charge in [-0.25, -0.2) is 4.98 Å². The molecule has 3 nitrogen and oxygen atoms in total. The molecule has 25 heavy (non-hydrogen) atoms. The Morgan fingerprint density at radius 1 is 0.880 bits per heavy atom. The lowest BCUT2D eigenvalue weighted by Gasteiger charge is -2.04. The van der Waals surface area contributed by atoms with Crippen LogP contribution in [0.15, 0.2) is 65.1 Å². The molecular weight excluding hydrogens is 330 g/mol. The van der Waals surface area contributed by atoms with Gasteiger partial charge in [-0.05, 0) is 29.8 Å². The van der Waals surface area contributed by atoms with Gasteiger partial charge in [0.1, 0.15) is 5.52 Å². The smallest absolute Gasteiger partial charge is 0.237 e. The Labute approximate surface area is 147 Å². The summed E-state index contributed by atoms with van der Waals surface area (Å²) in [5.41, 5.74) is 1.66. The Morgan fingerprint density at radius 3 is 2.20 bits per heavy atom. The van der Waals surface area contributed by atoms with E-state index in [0.29, 0.717) is 10.8 Å². The summed E-state index contributed by atoms with van der Waals surface area (Å²) >= 11 is 1.41. The molecule has 0 atom stereocenters. The molecule has 0 aliphatic rings. The summed E-state index contributed by atoms with van der Waals surface area (Å²) in [4.78, 5) is 17.9. The predicted molar refractivity (Wildman–Crippen MR) is 102 cm³/mol. The van der Waals surface area contributed by atoms with E-state index in [-0.39, 0.29) is 5.78 Å². The Balaban J connectivity index is 1.88. The number of rotatable bonds is 2. The van der Waals surface area contributed by atoms with E-state index in [4.69, 9.17) is 9.40 Å². The minimum atomic E-state index is 0.0586. The summed E-state index contributed by atoms with van der Waals surface area (Å²) in [6.45, 7) is 1.57. The van der Waals surface area contributed by atoms with E-state index in [0.717, 1.165) is 32.1 Å². The van der Waals surface area contributed by atoms with Crippen LogP contribution in [0.2, 0.25) is 0 Å². The monoisotopic (exact) mass is 343 g/mol. The fourth-order valence-corrected chi connectivity index (χ4v) is 4.10. The number of hydrogen-bond donors (Lipinski definition) is 0. The van der Waals surface area contributed by atoms with Crippen molar-refractivity contribution in [2.45, 2.75) is 6.92 Å². The van der Waals surface area contributed by atoms with E-state index >= 15 is 0 Å². The lowest BCUT2D eigenvalue weighted by Crippen LogP contribution is -1.83. The molecule has 0 amide bonds. The number of oxazole rings is 1. The molecule has 0 aliphatic carbocycles. The topological polar surface area (TPSA) is 43.1 Å². The van der Waals surface area contributed by atoms with Crippen LogP contribution in [0.4, 0.5) is 0 Å². The van der Waals surface area contributed by atoms with Crippen molar-refractivity contribution < 1.29 is 9.21 Å². The lowest BCUT2D eigenvalue weighted by molar-refractivity contribution is 0.102. The zero-order valence-corrected chi connectivity index (χ0v) is 14.3. The Kier molecular flexibility index (Phi) is 3.02. The summed E-state index contributed by atoms with van der Waals surface area (Å²) in [6.07, 6.45) is 0. The maximum atomic E-state index is 11.6. The van der Waals surface area contributed by atoms with Crippen LogP contribution in [-0.2, 0) is 0 Å². The molecular formula is C21H13NO2S. The number of hydrogen-bond acceptors (Lipinski definition) is 4. The highest BCUT2D eigenvalue weighted by molar-refractivity contribution is 7.17. The number of carbonyl (C=O) groups excluding carboxylic acids is 1. The summed E-state index contributed by atoms with van der Waals surface area (Å²) in [6, 6.07) is 20.2. The van der Waals surface area contributed by atoms with Crippen LogP contribution in [-0.4, -0.2) is 10.8 Å². The first-order valence-corrected chi connectivity index (χ1v) is 8.85. The molecule has 120 valence electrons. The van der Waals surface area contributed by atoms with Gasteiger partial charge in [0, 0.05) is 10.8 Å². The van der Waals surface area contributed by atoms with Gasteiger partial charge in [0.25, 0.3) is 0 Å². The van der Waals surface area contributed by atoms with Gasteiger partial charge in [-0.15, -0.1) is 11.3 Å². The molecule has 0 bridgehead atoms. The van der Waals surface area contributed by atoms with Crippen molar-refractivity contribution in [3.63, 3.8) is 0 Å². The normalized spacial score (nSPS) is 11.6. The SMILES string of the molecule is CC(=O)c1ccc(-c2nc3c4ccccc4c4ccccc4c3o2)s1. The number of benzene rings is 3. The van der Waals surface area contributed by atoms with Crippen molar-refractivity contribution in [3.05, 3.63) is 65.5 Å². The number of ketones is 1. The van der Waals surface area contributed by atoms with Crippen molar-refractivity contribution in [2.24, 2.45) is 0 Å². The molecule has 0 saturated carbocycles. The maximum Gasteiger partial charge on any atom is 0.237 e. The third-order valence-corrected chi connectivity index (χ3v) is 5.61. The van der Waals surface area contributed by atoms with Crippen molar-refractivity contribution in [2.75, 3.05) is 0 Å². The van der Waals surface area contributed by atoms with Gasteiger partial charge >= 0.3 is 0 Å². The highest BCUT2D eigenvalue weighted by Gasteiger charge is 2.17. The molecule has 0 unspecified atom stereocenters. The fraction of sp³-hybridized carbons (Fsp3) is 0.0476. The average Bonchev–Trinajstić information content (AvgIpc) is 3.29. The van der Waals surface area contributed by atoms with E-state index < -0.39 is 0 Å². The summed E-state index contributed by atoms with van der Waals surface area (Å²) in [7, 11) is 0. The Bertz CT molecular complexity index is 1210. The fourth-order valence-electron chi connectivity index (χ4n) is 3.27. The summed E-state index contributed by atoms with van der Waals surface area (Å²) in [5, 5.41) is 4.46. The Hall–Kier alpha value is -2.98. The van der Waals surface area contributed by atoms with E-state index in [1.54, 1.807) is 6.92 Å². The number of fused-ring (bicyclic) bond motifs is 6. The third kappa shape index (κ3) is 2.11. The van der Waals surface area contributed by atoms with Gasteiger partial charge in [0.2, 0.25) is 5.89 Å². The van der Waals surface area contributed by atoms with Crippen molar-refractivity contribution in [1.82, 2.24) is 4.98 Å². The first kappa shape index (κ1) is 14.4. The quantitative estimate of drug-likeness (QED) is 0.289. The molecule has 5 aromatic rings. The van der Waals surface area contributed by atoms with Crippen LogP contribution in [0.1, 0.15) is 16.6 Å². The van der Waals surface area contributed by atoms with Crippen molar-refractivity contribution in [1.29, 1.82) is 0 Å². The van der Waals surface area contributed by atoms with Gasteiger partial charge in [-0.2, -0.15) is 0 Å². The highest BCUT2D eigenvalue weighted by Crippen LogP contribution is 2.38. The molecule has 2 heterocycles. The van der Waals surface area contributed by atoms with E-state index in [2.05, 4.69) is 24.3 Å². The predicted octanol–water partition coefficient (Wildman–Crippen LogP) is 6.07. The number of thiophene rings is 1. The van der Waals surface area contributed by atoms with E-state index in [1.807, 2.05) is 36.4 Å². The second-order valence-corrected chi connectivity index (χ2v) is 7.09. The van der Waals surface area contributed by atoms with Gasteiger partial charge in [0.05, 0.1) is 9.75 Å². The largest absolute Gasteiger partial charge is 0.435 e. The zero-order valence-electron chi connectivity index (χ0n) is 13.4. The second-order valence-electron chi connectivity index (χ2n) is 6.01. The molecule has 0 saturated heterocycles. The molecule has 5 rings (SSSR count). The molecule has 4 heteroatoms. The first-order chi connectivity index (χ1) is 12.2. The molecule has 2 aromatic heterocycles. The summed E-state index contributed by atoms with van der Waals surface area (Å²) < 4.78 is 6.16. The van der Waals surface area contributed by atoms with Crippen LogP contribution in [0.3, 0.4) is 0 Å². The van der Waals surface area contributed by atoms with Crippen LogP contribution < -0.4 is 0 Å². The maximum absolute atomic E-state index is 11.6.